The van der Waals surface area contributed by atoms with Crippen LogP contribution in [0.5, 0.6) is 0 Å². The lowest BCUT2D eigenvalue weighted by Crippen LogP contribution is -2.64. The molecule has 1 aliphatic heterocycles. The largest absolute Gasteiger partial charge is 0.389 e. The lowest BCUT2D eigenvalue weighted by atomic mass is 9.97. The van der Waals surface area contributed by atoms with Gasteiger partial charge in [-0.05, 0) is 41.5 Å². The zero-order valence-corrected chi connectivity index (χ0v) is 13.8. The monoisotopic (exact) mass is 286 g/mol. The van der Waals surface area contributed by atoms with Crippen molar-refractivity contribution < 1.29 is 14.6 Å². The molecule has 1 rings (SSSR count). The number of amides is 1. The number of carbonyl (C=O) groups is 1. The Morgan fingerprint density at radius 3 is 2.45 bits per heavy atom. The van der Waals surface area contributed by atoms with Crippen molar-refractivity contribution in [2.45, 2.75) is 58.8 Å². The van der Waals surface area contributed by atoms with Gasteiger partial charge in [0.2, 0.25) is 5.91 Å². The van der Waals surface area contributed by atoms with E-state index in [2.05, 4.69) is 4.90 Å². The number of β-amino-alcohol motifs (C(OH)–C–C–N with tert-alkyl or cyclic N) is 1. The van der Waals surface area contributed by atoms with E-state index in [0.717, 1.165) is 19.6 Å². The number of ether oxygens (including phenoxy) is 1. The smallest absolute Gasteiger partial charge is 0.242 e. The number of aliphatic hydroxyl groups is 1. The molecular weight excluding hydrogens is 256 g/mol. The second-order valence-electron chi connectivity index (χ2n) is 6.97. The summed E-state index contributed by atoms with van der Waals surface area (Å²) in [6, 6.07) is 0. The number of nitrogens with zero attached hydrogens (tertiary/aromatic N) is 2. The van der Waals surface area contributed by atoms with Crippen LogP contribution >= 0.6 is 0 Å². The maximum Gasteiger partial charge on any atom is 0.242 e. The summed E-state index contributed by atoms with van der Waals surface area (Å²) in [6.07, 6.45) is -0.575. The van der Waals surface area contributed by atoms with E-state index in [1.54, 1.807) is 0 Å². The summed E-state index contributed by atoms with van der Waals surface area (Å²) < 4.78 is 5.60. The Labute approximate surface area is 122 Å². The second kappa shape index (κ2) is 6.41. The maximum absolute atomic E-state index is 12.4. The Kier molecular flexibility index (Phi) is 5.58. The highest BCUT2D eigenvalue weighted by atomic mass is 16.5. The Hall–Kier alpha value is -0.650. The van der Waals surface area contributed by atoms with Gasteiger partial charge in [-0.15, -0.1) is 0 Å². The Morgan fingerprint density at radius 1 is 1.35 bits per heavy atom. The van der Waals surface area contributed by atoms with Gasteiger partial charge in [0.05, 0.1) is 23.9 Å². The van der Waals surface area contributed by atoms with Gasteiger partial charge in [-0.2, -0.15) is 0 Å². The summed E-state index contributed by atoms with van der Waals surface area (Å²) >= 11 is 0. The van der Waals surface area contributed by atoms with Crippen LogP contribution in [0.4, 0.5) is 0 Å². The fourth-order valence-corrected chi connectivity index (χ4v) is 2.42. The van der Waals surface area contributed by atoms with Crippen molar-refractivity contribution in [3.05, 3.63) is 0 Å². The van der Waals surface area contributed by atoms with Gasteiger partial charge in [-0.1, -0.05) is 0 Å². The topological polar surface area (TPSA) is 53.0 Å². The van der Waals surface area contributed by atoms with Crippen LogP contribution in [0.25, 0.3) is 0 Å². The normalized spacial score (nSPS) is 22.1. The van der Waals surface area contributed by atoms with Crippen LogP contribution in [0.2, 0.25) is 0 Å². The molecule has 5 heteroatoms. The third-order valence-corrected chi connectivity index (χ3v) is 3.76. The van der Waals surface area contributed by atoms with Crippen molar-refractivity contribution in [3.8, 4) is 0 Å². The predicted molar refractivity (Wildman–Crippen MR) is 79.6 cm³/mol. The van der Waals surface area contributed by atoms with Gasteiger partial charge >= 0.3 is 0 Å². The standard InChI is InChI=1S/C15H30N2O3/c1-7-16-8-9-17(15(5,6)13(16)19)10-12(18)11-20-14(2,3)4/h12,18H,7-11H2,1-6H3. The number of hydrogen-bond acceptors (Lipinski definition) is 4. The minimum atomic E-state index is -0.575. The first-order chi connectivity index (χ1) is 9.08. The molecule has 1 unspecified atom stereocenters. The molecule has 20 heavy (non-hydrogen) atoms. The summed E-state index contributed by atoms with van der Waals surface area (Å²) in [4.78, 5) is 16.3. The molecule has 0 saturated carbocycles. The minimum Gasteiger partial charge on any atom is -0.389 e. The maximum atomic E-state index is 12.4. The molecular formula is C15H30N2O3. The molecule has 1 atom stereocenters. The SMILES string of the molecule is CCN1CCN(CC(O)COC(C)(C)C)C(C)(C)C1=O. The van der Waals surface area contributed by atoms with E-state index in [1.807, 2.05) is 46.4 Å². The molecule has 1 fully saturated rings. The average molecular weight is 286 g/mol. The summed E-state index contributed by atoms with van der Waals surface area (Å²) in [7, 11) is 0. The Morgan fingerprint density at radius 2 is 1.95 bits per heavy atom. The highest BCUT2D eigenvalue weighted by molar-refractivity contribution is 5.86. The van der Waals surface area contributed by atoms with E-state index >= 15 is 0 Å². The number of carbonyl (C=O) groups excluding carboxylic acids is 1. The summed E-state index contributed by atoms with van der Waals surface area (Å²) in [6.45, 7) is 14.8. The number of hydrogen-bond donors (Lipinski definition) is 1. The van der Waals surface area contributed by atoms with Crippen molar-refractivity contribution in [3.63, 3.8) is 0 Å². The molecule has 1 N–H and O–H groups in total. The molecule has 0 spiro atoms. The van der Waals surface area contributed by atoms with Crippen molar-refractivity contribution in [1.82, 2.24) is 9.80 Å². The molecule has 0 aromatic rings. The molecule has 1 amide bonds. The van der Waals surface area contributed by atoms with Crippen molar-refractivity contribution in [1.29, 1.82) is 0 Å². The van der Waals surface area contributed by atoms with Crippen molar-refractivity contribution in [2.24, 2.45) is 0 Å². The Balaban J connectivity index is 2.57. The van der Waals surface area contributed by atoms with Gasteiger partial charge in [-0.3, -0.25) is 9.69 Å². The Bertz CT molecular complexity index is 337. The summed E-state index contributed by atoms with van der Waals surface area (Å²) in [5.41, 5.74) is -0.815. The van der Waals surface area contributed by atoms with Crippen LogP contribution in [-0.4, -0.2) is 70.8 Å². The molecule has 1 aliphatic rings. The lowest BCUT2D eigenvalue weighted by molar-refractivity contribution is -0.151. The van der Waals surface area contributed by atoms with Crippen LogP contribution in [0.3, 0.4) is 0 Å². The van der Waals surface area contributed by atoms with Gasteiger partial charge in [-0.25, -0.2) is 0 Å². The minimum absolute atomic E-state index is 0.134. The fraction of sp³-hybridized carbons (Fsp3) is 0.933. The third kappa shape index (κ3) is 4.43. The summed E-state index contributed by atoms with van der Waals surface area (Å²) in [5, 5.41) is 10.1. The van der Waals surface area contributed by atoms with Gasteiger partial charge < -0.3 is 14.7 Å². The number of aliphatic hydroxyl groups excluding tert-OH is 1. The fourth-order valence-electron chi connectivity index (χ4n) is 2.42. The highest BCUT2D eigenvalue weighted by Gasteiger charge is 2.41. The molecule has 0 aromatic carbocycles. The highest BCUT2D eigenvalue weighted by Crippen LogP contribution is 2.22. The summed E-state index contributed by atoms with van der Waals surface area (Å²) in [5.74, 6) is 0.134. The average Bonchev–Trinajstić information content (AvgIpc) is 2.32. The van der Waals surface area contributed by atoms with Gasteiger partial charge in [0.15, 0.2) is 0 Å². The molecule has 1 heterocycles. The number of piperazine rings is 1. The molecule has 0 radical (unpaired) electrons. The van der Waals surface area contributed by atoms with Crippen LogP contribution < -0.4 is 0 Å². The van der Waals surface area contributed by atoms with Crippen LogP contribution in [-0.2, 0) is 9.53 Å². The lowest BCUT2D eigenvalue weighted by Gasteiger charge is -2.46. The second-order valence-corrected chi connectivity index (χ2v) is 6.97. The molecule has 0 bridgehead atoms. The first kappa shape index (κ1) is 17.4. The van der Waals surface area contributed by atoms with Crippen LogP contribution in [0.15, 0.2) is 0 Å². The third-order valence-electron chi connectivity index (χ3n) is 3.76. The number of likely N-dealkylation sites (N-methyl/N-ethyl adjacent to an activating group) is 1. The number of rotatable bonds is 5. The quantitative estimate of drug-likeness (QED) is 0.822. The van der Waals surface area contributed by atoms with Gasteiger partial charge in [0, 0.05) is 26.2 Å². The van der Waals surface area contributed by atoms with E-state index in [9.17, 15) is 9.90 Å². The zero-order chi connectivity index (χ0) is 15.6. The first-order valence-corrected chi connectivity index (χ1v) is 7.44. The predicted octanol–water partition coefficient (Wildman–Crippen LogP) is 1.11. The van der Waals surface area contributed by atoms with E-state index in [4.69, 9.17) is 4.74 Å². The molecule has 1 saturated heterocycles. The van der Waals surface area contributed by atoms with E-state index < -0.39 is 11.6 Å². The van der Waals surface area contributed by atoms with Crippen molar-refractivity contribution in [2.75, 3.05) is 32.8 Å². The molecule has 0 aromatic heterocycles. The van der Waals surface area contributed by atoms with Crippen LogP contribution in [0.1, 0.15) is 41.5 Å². The molecule has 0 aliphatic carbocycles. The van der Waals surface area contributed by atoms with E-state index in [-0.39, 0.29) is 11.5 Å². The van der Waals surface area contributed by atoms with Gasteiger partial charge in [0.1, 0.15) is 0 Å². The molecule has 118 valence electrons. The first-order valence-electron chi connectivity index (χ1n) is 7.44. The van der Waals surface area contributed by atoms with Gasteiger partial charge in [0.25, 0.3) is 0 Å². The van der Waals surface area contributed by atoms with Crippen molar-refractivity contribution >= 4 is 5.91 Å². The van der Waals surface area contributed by atoms with E-state index in [0.29, 0.717) is 13.2 Å². The van der Waals surface area contributed by atoms with E-state index in [1.165, 1.54) is 0 Å². The molecule has 5 nitrogen and oxygen atoms in total. The van der Waals surface area contributed by atoms with Crippen LogP contribution in [0, 0.1) is 0 Å². The zero-order valence-electron chi connectivity index (χ0n) is 13.8.